The number of ketones is 1. The third kappa shape index (κ3) is 5.82. The molecule has 0 amide bonds. The van der Waals surface area contributed by atoms with Gasteiger partial charge in [-0.25, -0.2) is 4.79 Å². The molecule has 1 fully saturated rings. The highest BCUT2D eigenvalue weighted by Gasteiger charge is 2.50. The molecule has 0 radical (unpaired) electrons. The van der Waals surface area contributed by atoms with Crippen molar-refractivity contribution >= 4 is 23.7 Å². The number of pyridine rings is 1. The summed E-state index contributed by atoms with van der Waals surface area (Å²) in [5.74, 6) is -0.941. The number of benzene rings is 4. The molecule has 4 aromatic carbocycles. The van der Waals surface area contributed by atoms with Crippen molar-refractivity contribution in [3.8, 4) is 0 Å². The maximum atomic E-state index is 13.3. The zero-order valence-electron chi connectivity index (χ0n) is 27.5. The molecular weight excluding hydrogens is 598 g/mol. The molecule has 0 aliphatic carbocycles. The summed E-state index contributed by atoms with van der Waals surface area (Å²) in [6.07, 6.45) is 3.57. The molecule has 0 N–H and O–H groups in total. The number of Topliss-reactive ketones (excluding diaryl/α,β-unsaturated/α-hetero) is 1. The lowest BCUT2D eigenvalue weighted by molar-refractivity contribution is -0.131. The standard InChI is InChI=1S/C41H39N3O4/c1-4-48-39(47)36-26-42-25-24-30(36)27-43-29-44(38(37(46)28-45)40(43,2)3)35-22-20-34(21-23-35)41(31-14-8-5-9-15-31,32-16-10-6-11-17-32)33-18-12-7-13-19-33/h5-26,28,38H,4,27,29H2,1-3H3. The second kappa shape index (κ2) is 13.8. The molecule has 1 unspecified atom stereocenters. The fourth-order valence-corrected chi connectivity index (χ4v) is 7.18. The average Bonchev–Trinajstić information content (AvgIpc) is 3.39. The van der Waals surface area contributed by atoms with Gasteiger partial charge in [-0.2, -0.15) is 0 Å². The Kier molecular flexibility index (Phi) is 9.33. The highest BCUT2D eigenvalue weighted by atomic mass is 16.5. The first-order chi connectivity index (χ1) is 23.3. The molecule has 0 bridgehead atoms. The number of hydrogen-bond acceptors (Lipinski definition) is 7. The Morgan fingerprint density at radius 3 is 1.83 bits per heavy atom. The van der Waals surface area contributed by atoms with Gasteiger partial charge in [0.2, 0.25) is 5.78 Å². The maximum Gasteiger partial charge on any atom is 0.340 e. The number of aldehydes is 1. The highest BCUT2D eigenvalue weighted by molar-refractivity contribution is 6.29. The number of esters is 1. The van der Waals surface area contributed by atoms with Crippen LogP contribution < -0.4 is 4.90 Å². The van der Waals surface area contributed by atoms with E-state index in [0.717, 1.165) is 33.5 Å². The van der Waals surface area contributed by atoms with Gasteiger partial charge in [-0.15, -0.1) is 0 Å². The summed E-state index contributed by atoms with van der Waals surface area (Å²) >= 11 is 0. The van der Waals surface area contributed by atoms with Crippen molar-refractivity contribution in [2.45, 2.75) is 44.3 Å². The van der Waals surface area contributed by atoms with Crippen LogP contribution in [0, 0.1) is 0 Å². The number of carbonyl (C=O) groups excluding carboxylic acids is 3. The molecule has 0 spiro atoms. The third-order valence-corrected chi connectivity index (χ3v) is 9.52. The summed E-state index contributed by atoms with van der Waals surface area (Å²) in [4.78, 5) is 46.3. The summed E-state index contributed by atoms with van der Waals surface area (Å²) in [5.41, 5.74) is 5.05. The second-order valence-corrected chi connectivity index (χ2v) is 12.5. The van der Waals surface area contributed by atoms with Gasteiger partial charge in [0.1, 0.15) is 6.04 Å². The lowest BCUT2D eigenvalue weighted by Crippen LogP contribution is -2.51. The van der Waals surface area contributed by atoms with E-state index in [0.29, 0.717) is 25.1 Å². The van der Waals surface area contributed by atoms with Crippen LogP contribution in [0.5, 0.6) is 0 Å². The molecule has 5 aromatic rings. The van der Waals surface area contributed by atoms with E-state index >= 15 is 0 Å². The van der Waals surface area contributed by atoms with Gasteiger partial charge in [0, 0.05) is 30.2 Å². The molecule has 2 heterocycles. The molecule has 1 aliphatic heterocycles. The van der Waals surface area contributed by atoms with Crippen LogP contribution in [0.3, 0.4) is 0 Å². The molecule has 1 aromatic heterocycles. The lowest BCUT2D eigenvalue weighted by atomic mass is 9.65. The van der Waals surface area contributed by atoms with E-state index in [1.807, 2.05) is 49.1 Å². The first-order valence-electron chi connectivity index (χ1n) is 16.2. The molecule has 7 heteroatoms. The van der Waals surface area contributed by atoms with Crippen LogP contribution >= 0.6 is 0 Å². The van der Waals surface area contributed by atoms with Crippen molar-refractivity contribution in [1.82, 2.24) is 9.88 Å². The predicted octanol–water partition coefficient (Wildman–Crippen LogP) is 6.84. The molecule has 7 nitrogen and oxygen atoms in total. The third-order valence-electron chi connectivity index (χ3n) is 9.52. The van der Waals surface area contributed by atoms with Crippen LogP contribution in [0.15, 0.2) is 134 Å². The minimum absolute atomic E-state index is 0.252. The molecule has 48 heavy (non-hydrogen) atoms. The molecule has 0 saturated carbocycles. The SMILES string of the molecule is CCOC(=O)c1cnccc1CN1CN(c2ccc(C(c3ccccc3)(c3ccccc3)c3ccccc3)cc2)C(C(=O)C=O)C1(C)C. The fourth-order valence-electron chi connectivity index (χ4n) is 7.18. The van der Waals surface area contributed by atoms with Crippen LogP contribution in [-0.2, 0) is 26.3 Å². The van der Waals surface area contributed by atoms with Gasteiger partial charge in [0.15, 0.2) is 6.29 Å². The van der Waals surface area contributed by atoms with Gasteiger partial charge in [0.05, 0.1) is 24.3 Å². The average molecular weight is 638 g/mol. The Hall–Kier alpha value is -5.40. The zero-order chi connectivity index (χ0) is 33.7. The molecule has 6 rings (SSSR count). The van der Waals surface area contributed by atoms with Crippen LogP contribution in [0.1, 0.15) is 58.9 Å². The van der Waals surface area contributed by atoms with Gasteiger partial charge in [-0.05, 0) is 66.8 Å². The Morgan fingerprint density at radius 2 is 1.33 bits per heavy atom. The van der Waals surface area contributed by atoms with E-state index in [2.05, 4.69) is 94.8 Å². The molecule has 1 saturated heterocycles. The van der Waals surface area contributed by atoms with Crippen molar-refractivity contribution in [3.05, 3.63) is 167 Å². The minimum atomic E-state index is -0.742. The summed E-state index contributed by atoms with van der Waals surface area (Å²) in [5, 5.41) is 0. The van der Waals surface area contributed by atoms with Gasteiger partial charge < -0.3 is 9.64 Å². The predicted molar refractivity (Wildman–Crippen MR) is 187 cm³/mol. The van der Waals surface area contributed by atoms with Gasteiger partial charge >= 0.3 is 5.97 Å². The second-order valence-electron chi connectivity index (χ2n) is 12.5. The quantitative estimate of drug-likeness (QED) is 0.0680. The fraction of sp³-hybridized carbons (Fsp3) is 0.220. The Labute approximate surface area is 281 Å². The molecule has 1 atom stereocenters. The number of hydrogen-bond donors (Lipinski definition) is 0. The lowest BCUT2D eigenvalue weighted by Gasteiger charge is -2.37. The zero-order valence-corrected chi connectivity index (χ0v) is 27.5. The number of carbonyl (C=O) groups is 3. The van der Waals surface area contributed by atoms with Crippen LogP contribution in [-0.4, -0.2) is 52.8 Å². The van der Waals surface area contributed by atoms with Crippen LogP contribution in [0.2, 0.25) is 0 Å². The van der Waals surface area contributed by atoms with Crippen molar-refractivity contribution < 1.29 is 19.1 Å². The normalized spacial score (nSPS) is 16.0. The number of nitrogens with zero attached hydrogens (tertiary/aromatic N) is 3. The van der Waals surface area contributed by atoms with Gasteiger partial charge in [-0.3, -0.25) is 19.5 Å². The van der Waals surface area contributed by atoms with Gasteiger partial charge in [0.25, 0.3) is 0 Å². The summed E-state index contributed by atoms with van der Waals surface area (Å²) in [6.45, 7) is 6.66. The van der Waals surface area contributed by atoms with E-state index in [9.17, 15) is 14.4 Å². The first-order valence-corrected chi connectivity index (χ1v) is 16.2. The summed E-state index contributed by atoms with van der Waals surface area (Å²) in [7, 11) is 0. The first kappa shape index (κ1) is 32.5. The molecular formula is C41H39N3O4. The number of rotatable bonds is 11. The van der Waals surface area contributed by atoms with Crippen molar-refractivity contribution in [2.75, 3.05) is 18.2 Å². The maximum absolute atomic E-state index is 13.3. The largest absolute Gasteiger partial charge is 0.462 e. The number of ether oxygens (including phenoxy) is 1. The van der Waals surface area contributed by atoms with E-state index in [-0.39, 0.29) is 6.61 Å². The minimum Gasteiger partial charge on any atom is -0.462 e. The van der Waals surface area contributed by atoms with E-state index < -0.39 is 28.7 Å². The Balaban J connectivity index is 1.43. The van der Waals surface area contributed by atoms with Gasteiger partial charge in [-0.1, -0.05) is 103 Å². The summed E-state index contributed by atoms with van der Waals surface area (Å²) < 4.78 is 5.28. The van der Waals surface area contributed by atoms with E-state index in [1.165, 1.54) is 6.20 Å². The Bertz CT molecular complexity index is 1780. The molecule has 1 aliphatic rings. The number of aromatic nitrogens is 1. The number of anilines is 1. The monoisotopic (exact) mass is 637 g/mol. The van der Waals surface area contributed by atoms with Crippen LogP contribution in [0.4, 0.5) is 5.69 Å². The van der Waals surface area contributed by atoms with Crippen molar-refractivity contribution in [2.24, 2.45) is 0 Å². The molecule has 242 valence electrons. The van der Waals surface area contributed by atoms with Crippen molar-refractivity contribution in [1.29, 1.82) is 0 Å². The van der Waals surface area contributed by atoms with E-state index in [4.69, 9.17) is 4.74 Å². The highest BCUT2D eigenvalue weighted by Crippen LogP contribution is 2.46. The van der Waals surface area contributed by atoms with Crippen LogP contribution in [0.25, 0.3) is 0 Å². The topological polar surface area (TPSA) is 79.8 Å². The summed E-state index contributed by atoms with van der Waals surface area (Å²) in [6, 6.07) is 40.9. The van der Waals surface area contributed by atoms with Crippen molar-refractivity contribution in [3.63, 3.8) is 0 Å². The smallest absolute Gasteiger partial charge is 0.340 e. The van der Waals surface area contributed by atoms with E-state index in [1.54, 1.807) is 19.2 Å². The Morgan fingerprint density at radius 1 is 0.812 bits per heavy atom.